The predicted molar refractivity (Wildman–Crippen MR) is 51.4 cm³/mol. The molecule has 0 fully saturated rings. The molecular weight excluding hydrogens is 184 g/mol. The van der Waals surface area contributed by atoms with E-state index in [-0.39, 0.29) is 12.6 Å². The first-order valence-electron chi connectivity index (χ1n) is 3.76. The number of ether oxygens (including phenoxy) is 1. The summed E-state index contributed by atoms with van der Waals surface area (Å²) in [4.78, 5) is 12.5. The van der Waals surface area contributed by atoms with Gasteiger partial charge in [0.25, 0.3) is 0 Å². The normalized spacial score (nSPS) is 9.14. The van der Waals surface area contributed by atoms with Gasteiger partial charge in [-0.1, -0.05) is 5.92 Å². The van der Waals surface area contributed by atoms with E-state index in [1.165, 1.54) is 13.2 Å². The summed E-state index contributed by atoms with van der Waals surface area (Å²) in [6.07, 6.45) is 4.98. The lowest BCUT2D eigenvalue weighted by Crippen LogP contribution is -2.06. The molecule has 0 bridgehead atoms. The number of nitrogens with zero attached hydrogens (tertiary/aromatic N) is 2. The first-order valence-corrected chi connectivity index (χ1v) is 3.76. The summed E-state index contributed by atoms with van der Waals surface area (Å²) in [6.45, 7) is 0.131. The van der Waals surface area contributed by atoms with Crippen molar-refractivity contribution in [3.63, 3.8) is 0 Å². The number of aromatic nitrogens is 2. The van der Waals surface area contributed by atoms with Gasteiger partial charge in [-0.05, 0) is 0 Å². The van der Waals surface area contributed by atoms with Gasteiger partial charge in [-0.2, -0.15) is 9.97 Å². The summed E-state index contributed by atoms with van der Waals surface area (Å²) in [5.41, 5.74) is 7.91. The summed E-state index contributed by atoms with van der Waals surface area (Å²) >= 11 is 0. The molecule has 0 aliphatic heterocycles. The Labute approximate surface area is 81.4 Å². The molecule has 0 saturated heterocycles. The molecule has 14 heavy (non-hydrogen) atoms. The van der Waals surface area contributed by atoms with Crippen LogP contribution in [0.4, 0.5) is 11.8 Å². The van der Waals surface area contributed by atoms with E-state index in [4.69, 9.17) is 21.7 Å². The van der Waals surface area contributed by atoms with Gasteiger partial charge in [-0.25, -0.2) is 5.48 Å². The fraction of sp³-hybridized carbons (Fsp3) is 0.250. The first-order chi connectivity index (χ1) is 6.76. The molecular formula is C8H10N4O2. The largest absolute Gasteiger partial charge is 0.481 e. The van der Waals surface area contributed by atoms with E-state index in [1.54, 1.807) is 0 Å². The van der Waals surface area contributed by atoms with E-state index in [0.717, 1.165) is 0 Å². The Balaban J connectivity index is 2.67. The highest BCUT2D eigenvalue weighted by molar-refractivity contribution is 5.40. The van der Waals surface area contributed by atoms with Crippen LogP contribution >= 0.6 is 0 Å². The van der Waals surface area contributed by atoms with Crippen LogP contribution in [0, 0.1) is 12.3 Å². The topological polar surface area (TPSA) is 82.3 Å². The van der Waals surface area contributed by atoms with Crippen molar-refractivity contribution in [2.24, 2.45) is 0 Å². The van der Waals surface area contributed by atoms with Gasteiger partial charge < -0.3 is 10.5 Å². The van der Waals surface area contributed by atoms with Gasteiger partial charge in [0, 0.05) is 6.07 Å². The summed E-state index contributed by atoms with van der Waals surface area (Å²) in [5.74, 6) is 3.13. The van der Waals surface area contributed by atoms with Crippen molar-refractivity contribution in [2.75, 3.05) is 24.9 Å². The average molecular weight is 194 g/mol. The maximum absolute atomic E-state index is 5.40. The van der Waals surface area contributed by atoms with Crippen LogP contribution in [-0.2, 0) is 4.84 Å². The van der Waals surface area contributed by atoms with Crippen molar-refractivity contribution in [3.05, 3.63) is 6.07 Å². The van der Waals surface area contributed by atoms with Gasteiger partial charge in [-0.15, -0.1) is 6.42 Å². The summed E-state index contributed by atoms with van der Waals surface area (Å²) in [6, 6.07) is 1.53. The maximum atomic E-state index is 5.40. The Morgan fingerprint density at radius 2 is 2.43 bits per heavy atom. The van der Waals surface area contributed by atoms with E-state index in [9.17, 15) is 0 Å². The summed E-state index contributed by atoms with van der Waals surface area (Å²) in [5, 5.41) is 0. The molecule has 0 aromatic carbocycles. The monoisotopic (exact) mass is 194 g/mol. The lowest BCUT2D eigenvalue weighted by Gasteiger charge is -2.05. The van der Waals surface area contributed by atoms with E-state index in [2.05, 4.69) is 21.4 Å². The molecule has 1 aromatic heterocycles. The van der Waals surface area contributed by atoms with Crippen LogP contribution in [-0.4, -0.2) is 23.7 Å². The van der Waals surface area contributed by atoms with E-state index < -0.39 is 0 Å². The third-order valence-electron chi connectivity index (χ3n) is 1.26. The number of nitrogen functional groups attached to an aromatic ring is 1. The fourth-order valence-electron chi connectivity index (χ4n) is 0.751. The predicted octanol–water partition coefficient (Wildman–Crippen LogP) is 0.0441. The third kappa shape index (κ3) is 2.80. The Hall–Kier alpha value is -2.00. The Kier molecular flexibility index (Phi) is 3.52. The number of terminal acetylenes is 1. The summed E-state index contributed by atoms with van der Waals surface area (Å²) < 4.78 is 4.87. The van der Waals surface area contributed by atoms with E-state index in [0.29, 0.717) is 11.7 Å². The molecule has 0 radical (unpaired) electrons. The standard InChI is InChI=1S/C8H10N4O2/c1-3-4-14-12-6-5-7(13-2)11-8(9)10-6/h1,5H,4H2,2H3,(H3,9,10,11,12). The molecule has 1 aromatic rings. The van der Waals surface area contributed by atoms with Crippen LogP contribution < -0.4 is 16.0 Å². The minimum atomic E-state index is 0.0937. The SMILES string of the molecule is C#CCONc1cc(OC)nc(N)n1. The van der Waals surface area contributed by atoms with Crippen LogP contribution in [0.1, 0.15) is 0 Å². The zero-order valence-electron chi connectivity index (χ0n) is 7.65. The molecule has 74 valence electrons. The van der Waals surface area contributed by atoms with Gasteiger partial charge in [-0.3, -0.25) is 4.84 Å². The number of methoxy groups -OCH3 is 1. The van der Waals surface area contributed by atoms with Gasteiger partial charge in [0.2, 0.25) is 11.8 Å². The fourth-order valence-corrected chi connectivity index (χ4v) is 0.751. The second-order valence-electron chi connectivity index (χ2n) is 2.25. The molecule has 1 heterocycles. The van der Waals surface area contributed by atoms with Gasteiger partial charge in [0.15, 0.2) is 5.82 Å². The molecule has 0 amide bonds. The molecule has 1 rings (SSSR count). The number of anilines is 2. The highest BCUT2D eigenvalue weighted by Crippen LogP contribution is 2.13. The average Bonchev–Trinajstić information content (AvgIpc) is 2.17. The molecule has 0 atom stereocenters. The molecule has 3 N–H and O–H groups in total. The number of rotatable bonds is 4. The minimum absolute atomic E-state index is 0.0937. The number of hydrogen-bond donors (Lipinski definition) is 2. The van der Waals surface area contributed by atoms with E-state index in [1.807, 2.05) is 0 Å². The number of hydrogen-bond acceptors (Lipinski definition) is 6. The third-order valence-corrected chi connectivity index (χ3v) is 1.26. The van der Waals surface area contributed by atoms with Crippen LogP contribution in [0.5, 0.6) is 5.88 Å². The Bertz CT molecular complexity index is 348. The van der Waals surface area contributed by atoms with Crippen LogP contribution in [0.2, 0.25) is 0 Å². The Morgan fingerprint density at radius 1 is 1.64 bits per heavy atom. The van der Waals surface area contributed by atoms with Crippen molar-refractivity contribution in [2.45, 2.75) is 0 Å². The van der Waals surface area contributed by atoms with Crippen molar-refractivity contribution in [1.29, 1.82) is 0 Å². The molecule has 6 heteroatoms. The van der Waals surface area contributed by atoms with Crippen molar-refractivity contribution in [1.82, 2.24) is 9.97 Å². The van der Waals surface area contributed by atoms with Crippen LogP contribution in [0.25, 0.3) is 0 Å². The molecule has 0 saturated carbocycles. The lowest BCUT2D eigenvalue weighted by molar-refractivity contribution is 0.232. The smallest absolute Gasteiger partial charge is 0.225 e. The second-order valence-corrected chi connectivity index (χ2v) is 2.25. The molecule has 0 aliphatic carbocycles. The van der Waals surface area contributed by atoms with Crippen molar-refractivity contribution < 1.29 is 9.57 Å². The van der Waals surface area contributed by atoms with Crippen LogP contribution in [0.15, 0.2) is 6.07 Å². The molecule has 0 spiro atoms. The number of nitrogens with two attached hydrogens (primary N) is 1. The quantitative estimate of drug-likeness (QED) is 0.400. The Morgan fingerprint density at radius 3 is 3.07 bits per heavy atom. The van der Waals surface area contributed by atoms with Crippen molar-refractivity contribution >= 4 is 11.8 Å². The second kappa shape index (κ2) is 4.89. The minimum Gasteiger partial charge on any atom is -0.481 e. The van der Waals surface area contributed by atoms with E-state index >= 15 is 0 Å². The zero-order valence-corrected chi connectivity index (χ0v) is 7.65. The maximum Gasteiger partial charge on any atom is 0.225 e. The first kappa shape index (κ1) is 10.1. The highest BCUT2D eigenvalue weighted by Gasteiger charge is 2.01. The number of nitrogens with one attached hydrogen (secondary N) is 1. The summed E-state index contributed by atoms with van der Waals surface area (Å²) in [7, 11) is 1.48. The molecule has 0 aliphatic rings. The molecule has 0 unspecified atom stereocenters. The van der Waals surface area contributed by atoms with Crippen LogP contribution in [0.3, 0.4) is 0 Å². The zero-order chi connectivity index (χ0) is 10.4. The van der Waals surface area contributed by atoms with Gasteiger partial charge >= 0.3 is 0 Å². The highest BCUT2D eigenvalue weighted by atomic mass is 16.6. The lowest BCUT2D eigenvalue weighted by atomic mass is 10.5. The molecule has 6 nitrogen and oxygen atoms in total. The van der Waals surface area contributed by atoms with Gasteiger partial charge in [0.1, 0.15) is 6.61 Å². The van der Waals surface area contributed by atoms with Crippen molar-refractivity contribution in [3.8, 4) is 18.2 Å². The van der Waals surface area contributed by atoms with Gasteiger partial charge in [0.05, 0.1) is 7.11 Å².